The van der Waals surface area contributed by atoms with Crippen LogP contribution in [0.4, 0.5) is 11.5 Å². The number of esters is 1. The molecule has 1 aliphatic rings. The maximum Gasteiger partial charge on any atom is 0.356 e. The molecule has 2 heterocycles. The van der Waals surface area contributed by atoms with Gasteiger partial charge in [0.25, 0.3) is 0 Å². The number of aryl methyl sites for hydroxylation is 1. The van der Waals surface area contributed by atoms with E-state index in [1.165, 1.54) is 24.7 Å². The monoisotopic (exact) mass is 326 g/mol. The first-order valence-electron chi connectivity index (χ1n) is 8.07. The van der Waals surface area contributed by atoms with Gasteiger partial charge in [-0.15, -0.1) is 0 Å². The highest BCUT2D eigenvalue weighted by Crippen LogP contribution is 2.25. The van der Waals surface area contributed by atoms with Gasteiger partial charge in [0.15, 0.2) is 5.69 Å². The van der Waals surface area contributed by atoms with Gasteiger partial charge in [0.1, 0.15) is 12.1 Å². The van der Waals surface area contributed by atoms with E-state index in [9.17, 15) is 4.79 Å². The van der Waals surface area contributed by atoms with Crippen molar-refractivity contribution in [2.75, 3.05) is 36.5 Å². The Kier molecular flexibility index (Phi) is 4.64. The van der Waals surface area contributed by atoms with Gasteiger partial charge in [0.2, 0.25) is 0 Å². The van der Waals surface area contributed by atoms with Crippen molar-refractivity contribution in [3.05, 3.63) is 47.9 Å². The molecular weight excluding hydrogens is 304 g/mol. The van der Waals surface area contributed by atoms with Crippen LogP contribution in [0.1, 0.15) is 23.0 Å². The molecule has 1 atom stereocenters. The fraction of sp³-hybridized carbons (Fsp3) is 0.389. The van der Waals surface area contributed by atoms with Crippen molar-refractivity contribution >= 4 is 17.5 Å². The zero-order valence-corrected chi connectivity index (χ0v) is 14.3. The number of carbonyl (C=O) groups excluding carboxylic acids is 1. The van der Waals surface area contributed by atoms with Crippen LogP contribution >= 0.6 is 0 Å². The fourth-order valence-corrected chi connectivity index (χ4v) is 3.16. The van der Waals surface area contributed by atoms with E-state index in [0.29, 0.717) is 0 Å². The average molecular weight is 326 g/mol. The van der Waals surface area contributed by atoms with Crippen LogP contribution in [0.3, 0.4) is 0 Å². The zero-order chi connectivity index (χ0) is 17.1. The molecule has 0 saturated carbocycles. The number of para-hydroxylation sites is 1. The van der Waals surface area contributed by atoms with Crippen LogP contribution in [-0.4, -0.2) is 48.7 Å². The Hall–Kier alpha value is -2.63. The second kappa shape index (κ2) is 6.86. The molecule has 1 aliphatic heterocycles. The molecule has 1 saturated heterocycles. The summed E-state index contributed by atoms with van der Waals surface area (Å²) in [5.74, 6) is 0.326. The van der Waals surface area contributed by atoms with E-state index < -0.39 is 5.97 Å². The van der Waals surface area contributed by atoms with Crippen LogP contribution in [0, 0.1) is 6.92 Å². The van der Waals surface area contributed by atoms with Crippen molar-refractivity contribution in [1.82, 2.24) is 9.97 Å². The Bertz CT molecular complexity index is 734. The molecule has 1 aromatic carbocycles. The number of hydrogen-bond donors (Lipinski definition) is 0. The topological polar surface area (TPSA) is 58.6 Å². The Balaban J connectivity index is 1.77. The van der Waals surface area contributed by atoms with Gasteiger partial charge in [0, 0.05) is 37.4 Å². The lowest BCUT2D eigenvalue weighted by molar-refractivity contribution is 0.0594. The van der Waals surface area contributed by atoms with Crippen LogP contribution in [0.2, 0.25) is 0 Å². The van der Waals surface area contributed by atoms with Crippen molar-refractivity contribution in [2.24, 2.45) is 0 Å². The fourth-order valence-electron chi connectivity index (χ4n) is 3.16. The summed E-state index contributed by atoms with van der Waals surface area (Å²) < 4.78 is 4.74. The molecule has 126 valence electrons. The first-order chi connectivity index (χ1) is 11.6. The van der Waals surface area contributed by atoms with E-state index in [-0.39, 0.29) is 11.7 Å². The summed E-state index contributed by atoms with van der Waals surface area (Å²) in [6.45, 7) is 6.96. The van der Waals surface area contributed by atoms with Gasteiger partial charge in [-0.2, -0.15) is 0 Å². The molecule has 6 heteroatoms. The van der Waals surface area contributed by atoms with Gasteiger partial charge < -0.3 is 14.5 Å². The number of hydrogen-bond acceptors (Lipinski definition) is 6. The predicted octanol–water partition coefficient (Wildman–Crippen LogP) is 2.29. The van der Waals surface area contributed by atoms with E-state index in [4.69, 9.17) is 4.74 Å². The number of methoxy groups -OCH3 is 1. The van der Waals surface area contributed by atoms with Gasteiger partial charge in [-0.1, -0.05) is 18.2 Å². The Labute approximate surface area is 142 Å². The average Bonchev–Trinajstić information content (AvgIpc) is 2.61. The number of piperazine rings is 1. The summed E-state index contributed by atoms with van der Waals surface area (Å²) in [4.78, 5) is 24.6. The summed E-state index contributed by atoms with van der Waals surface area (Å²) in [6.07, 6.45) is 1.42. The van der Waals surface area contributed by atoms with E-state index in [2.05, 4.69) is 57.9 Å². The number of nitrogens with zero attached hydrogens (tertiary/aromatic N) is 4. The van der Waals surface area contributed by atoms with E-state index >= 15 is 0 Å². The van der Waals surface area contributed by atoms with Gasteiger partial charge in [0.05, 0.1) is 7.11 Å². The number of benzene rings is 1. The Morgan fingerprint density at radius 2 is 2.04 bits per heavy atom. The molecule has 0 N–H and O–H groups in total. The van der Waals surface area contributed by atoms with Crippen molar-refractivity contribution in [1.29, 1.82) is 0 Å². The first kappa shape index (κ1) is 16.2. The summed E-state index contributed by atoms with van der Waals surface area (Å²) in [6, 6.07) is 10.4. The standard InChI is InChI=1S/C18H22N4O2/c1-13-6-4-5-7-16(13)21-8-9-22(14(2)11-21)17-10-15(18(23)24-3)19-12-20-17/h4-7,10,12,14H,8-9,11H2,1-3H3/t14-/m0/s1. The lowest BCUT2D eigenvalue weighted by atomic mass is 10.1. The molecule has 2 aromatic rings. The first-order valence-corrected chi connectivity index (χ1v) is 8.07. The van der Waals surface area contributed by atoms with Crippen molar-refractivity contribution < 1.29 is 9.53 Å². The maximum atomic E-state index is 11.7. The number of ether oxygens (including phenoxy) is 1. The quantitative estimate of drug-likeness (QED) is 0.807. The molecule has 0 bridgehead atoms. The molecule has 24 heavy (non-hydrogen) atoms. The Morgan fingerprint density at radius 3 is 2.75 bits per heavy atom. The smallest absolute Gasteiger partial charge is 0.356 e. The van der Waals surface area contributed by atoms with Crippen LogP contribution in [0.25, 0.3) is 0 Å². The van der Waals surface area contributed by atoms with Gasteiger partial charge in [-0.3, -0.25) is 0 Å². The summed E-state index contributed by atoms with van der Waals surface area (Å²) >= 11 is 0. The largest absolute Gasteiger partial charge is 0.464 e. The molecule has 6 nitrogen and oxygen atoms in total. The highest BCUT2D eigenvalue weighted by Gasteiger charge is 2.26. The number of rotatable bonds is 3. The third kappa shape index (κ3) is 3.18. The van der Waals surface area contributed by atoms with Crippen LogP contribution < -0.4 is 9.80 Å². The molecule has 3 rings (SSSR count). The van der Waals surface area contributed by atoms with Gasteiger partial charge in [-0.25, -0.2) is 14.8 Å². The summed E-state index contributed by atoms with van der Waals surface area (Å²) in [5, 5.41) is 0. The molecular formula is C18H22N4O2. The summed E-state index contributed by atoms with van der Waals surface area (Å²) in [7, 11) is 1.35. The van der Waals surface area contributed by atoms with Crippen LogP contribution in [-0.2, 0) is 4.74 Å². The number of anilines is 2. The second-order valence-corrected chi connectivity index (χ2v) is 6.03. The number of carbonyl (C=O) groups is 1. The minimum atomic E-state index is -0.440. The predicted molar refractivity (Wildman–Crippen MR) is 93.6 cm³/mol. The van der Waals surface area contributed by atoms with Gasteiger partial charge in [-0.05, 0) is 25.5 Å². The SMILES string of the molecule is COC(=O)c1cc(N2CCN(c3ccccc3C)C[C@@H]2C)ncn1. The van der Waals surface area contributed by atoms with E-state index in [1.807, 2.05) is 0 Å². The van der Waals surface area contributed by atoms with Crippen molar-refractivity contribution in [3.8, 4) is 0 Å². The minimum absolute atomic E-state index is 0.277. The van der Waals surface area contributed by atoms with Crippen molar-refractivity contribution in [2.45, 2.75) is 19.9 Å². The summed E-state index contributed by atoms with van der Waals surface area (Å²) in [5.41, 5.74) is 2.85. The molecule has 1 fully saturated rings. The molecule has 0 spiro atoms. The van der Waals surface area contributed by atoms with Gasteiger partial charge >= 0.3 is 5.97 Å². The third-order valence-corrected chi connectivity index (χ3v) is 4.43. The van der Waals surface area contributed by atoms with Crippen molar-refractivity contribution in [3.63, 3.8) is 0 Å². The van der Waals surface area contributed by atoms with Crippen LogP contribution in [0.15, 0.2) is 36.7 Å². The molecule has 0 amide bonds. The minimum Gasteiger partial charge on any atom is -0.464 e. The van der Waals surface area contributed by atoms with Crippen LogP contribution in [0.5, 0.6) is 0 Å². The molecule has 0 radical (unpaired) electrons. The highest BCUT2D eigenvalue weighted by molar-refractivity contribution is 5.87. The molecule has 0 aliphatic carbocycles. The maximum absolute atomic E-state index is 11.7. The lowest BCUT2D eigenvalue weighted by Crippen LogP contribution is -2.52. The normalized spacial score (nSPS) is 17.7. The molecule has 1 aromatic heterocycles. The third-order valence-electron chi connectivity index (χ3n) is 4.43. The molecule has 0 unspecified atom stereocenters. The second-order valence-electron chi connectivity index (χ2n) is 6.03. The number of aromatic nitrogens is 2. The lowest BCUT2D eigenvalue weighted by Gasteiger charge is -2.42. The Morgan fingerprint density at radius 1 is 1.25 bits per heavy atom. The van der Waals surface area contributed by atoms with E-state index in [0.717, 1.165) is 25.5 Å². The van der Waals surface area contributed by atoms with E-state index in [1.54, 1.807) is 6.07 Å². The highest BCUT2D eigenvalue weighted by atomic mass is 16.5. The zero-order valence-electron chi connectivity index (χ0n) is 14.3.